The SMILES string of the molecule is COC(=O)C[C@H]1C[C@@H](CCl)OC(C)(C)O1. The van der Waals surface area contributed by atoms with Gasteiger partial charge in [0.05, 0.1) is 25.7 Å². The Bertz CT molecular complexity index is 229. The Morgan fingerprint density at radius 3 is 2.60 bits per heavy atom. The predicted octanol–water partition coefficient (Wildman–Crippen LogP) is 1.70. The second kappa shape index (κ2) is 5.14. The highest BCUT2D eigenvalue weighted by atomic mass is 35.5. The van der Waals surface area contributed by atoms with Gasteiger partial charge in [-0.3, -0.25) is 4.79 Å². The van der Waals surface area contributed by atoms with Gasteiger partial charge in [0, 0.05) is 12.3 Å². The number of esters is 1. The molecule has 88 valence electrons. The van der Waals surface area contributed by atoms with E-state index in [4.69, 9.17) is 21.1 Å². The maximum atomic E-state index is 11.1. The molecule has 4 nitrogen and oxygen atoms in total. The van der Waals surface area contributed by atoms with Crippen molar-refractivity contribution < 1.29 is 19.0 Å². The third-order valence-electron chi connectivity index (χ3n) is 2.22. The summed E-state index contributed by atoms with van der Waals surface area (Å²) in [6.07, 6.45) is 0.633. The van der Waals surface area contributed by atoms with Crippen LogP contribution in [-0.4, -0.2) is 37.0 Å². The van der Waals surface area contributed by atoms with Crippen molar-refractivity contribution in [1.29, 1.82) is 0 Å². The molecule has 1 heterocycles. The van der Waals surface area contributed by atoms with Crippen LogP contribution in [0.5, 0.6) is 0 Å². The van der Waals surface area contributed by atoms with Gasteiger partial charge in [-0.15, -0.1) is 11.6 Å². The summed E-state index contributed by atoms with van der Waals surface area (Å²) in [7, 11) is 1.37. The van der Waals surface area contributed by atoms with Gasteiger partial charge < -0.3 is 14.2 Å². The van der Waals surface area contributed by atoms with Crippen LogP contribution in [0.4, 0.5) is 0 Å². The lowest BCUT2D eigenvalue weighted by Crippen LogP contribution is -2.46. The molecule has 1 fully saturated rings. The summed E-state index contributed by atoms with van der Waals surface area (Å²) in [6.45, 7) is 3.63. The monoisotopic (exact) mass is 236 g/mol. The van der Waals surface area contributed by atoms with Gasteiger partial charge in [0.15, 0.2) is 5.79 Å². The minimum atomic E-state index is -0.684. The second-order valence-corrected chi connectivity index (χ2v) is 4.36. The molecule has 0 spiro atoms. The van der Waals surface area contributed by atoms with E-state index in [1.807, 2.05) is 13.8 Å². The minimum Gasteiger partial charge on any atom is -0.469 e. The van der Waals surface area contributed by atoms with Crippen molar-refractivity contribution in [3.8, 4) is 0 Å². The Morgan fingerprint density at radius 1 is 1.47 bits per heavy atom. The molecule has 0 aromatic rings. The van der Waals surface area contributed by atoms with Gasteiger partial charge in [-0.05, 0) is 13.8 Å². The van der Waals surface area contributed by atoms with Crippen molar-refractivity contribution in [3.63, 3.8) is 0 Å². The number of hydrogen-bond acceptors (Lipinski definition) is 4. The molecule has 0 N–H and O–H groups in total. The van der Waals surface area contributed by atoms with Crippen molar-refractivity contribution in [2.45, 2.75) is 44.7 Å². The Morgan fingerprint density at radius 2 is 2.07 bits per heavy atom. The van der Waals surface area contributed by atoms with E-state index in [0.717, 1.165) is 0 Å². The van der Waals surface area contributed by atoms with Crippen LogP contribution in [0, 0.1) is 0 Å². The van der Waals surface area contributed by atoms with Gasteiger partial charge in [-0.25, -0.2) is 0 Å². The molecule has 5 heteroatoms. The van der Waals surface area contributed by atoms with Crippen LogP contribution < -0.4 is 0 Å². The second-order valence-electron chi connectivity index (χ2n) is 4.05. The number of carbonyl (C=O) groups is 1. The molecule has 15 heavy (non-hydrogen) atoms. The van der Waals surface area contributed by atoms with E-state index in [2.05, 4.69) is 4.74 Å². The van der Waals surface area contributed by atoms with Crippen molar-refractivity contribution >= 4 is 17.6 Å². The molecular weight excluding hydrogens is 220 g/mol. The fraction of sp³-hybridized carbons (Fsp3) is 0.900. The highest BCUT2D eigenvalue weighted by Gasteiger charge is 2.36. The normalized spacial score (nSPS) is 29.9. The zero-order chi connectivity index (χ0) is 11.5. The fourth-order valence-electron chi connectivity index (χ4n) is 1.71. The summed E-state index contributed by atoms with van der Waals surface area (Å²) in [6, 6.07) is 0. The molecule has 0 radical (unpaired) electrons. The number of halogens is 1. The van der Waals surface area contributed by atoms with Crippen LogP contribution >= 0.6 is 11.6 Å². The molecule has 0 unspecified atom stereocenters. The third kappa shape index (κ3) is 3.97. The first-order valence-electron chi connectivity index (χ1n) is 4.95. The van der Waals surface area contributed by atoms with Gasteiger partial charge >= 0.3 is 5.97 Å². The summed E-state index contributed by atoms with van der Waals surface area (Å²) in [4.78, 5) is 11.1. The topological polar surface area (TPSA) is 44.8 Å². The smallest absolute Gasteiger partial charge is 0.308 e. The summed E-state index contributed by atoms with van der Waals surface area (Å²) < 4.78 is 15.8. The third-order valence-corrected chi connectivity index (χ3v) is 2.57. The summed E-state index contributed by atoms with van der Waals surface area (Å²) in [5.41, 5.74) is 0. The zero-order valence-corrected chi connectivity index (χ0v) is 10.0. The molecule has 0 amide bonds. The van der Waals surface area contributed by atoms with Crippen LogP contribution in [0.15, 0.2) is 0 Å². The number of rotatable bonds is 3. The van der Waals surface area contributed by atoms with Gasteiger partial charge in [0.2, 0.25) is 0 Å². The lowest BCUT2D eigenvalue weighted by atomic mass is 10.1. The zero-order valence-electron chi connectivity index (χ0n) is 9.29. The van der Waals surface area contributed by atoms with Gasteiger partial charge in [-0.1, -0.05) is 0 Å². The Kier molecular flexibility index (Phi) is 4.37. The Hall–Kier alpha value is -0.320. The summed E-state index contributed by atoms with van der Waals surface area (Å²) >= 11 is 5.75. The molecular formula is C10H17ClO4. The number of hydrogen-bond donors (Lipinski definition) is 0. The first-order chi connectivity index (χ1) is 6.96. The molecule has 1 aliphatic rings. The van der Waals surface area contributed by atoms with Gasteiger partial charge in [-0.2, -0.15) is 0 Å². The Balaban J connectivity index is 2.54. The predicted molar refractivity (Wildman–Crippen MR) is 55.8 cm³/mol. The average molecular weight is 237 g/mol. The minimum absolute atomic E-state index is 0.0647. The van der Waals surface area contributed by atoms with Crippen LogP contribution in [-0.2, 0) is 19.0 Å². The number of methoxy groups -OCH3 is 1. The largest absolute Gasteiger partial charge is 0.469 e. The molecule has 0 saturated carbocycles. The highest BCUT2D eigenvalue weighted by Crippen LogP contribution is 2.28. The van der Waals surface area contributed by atoms with E-state index < -0.39 is 5.79 Å². The van der Waals surface area contributed by atoms with Crippen molar-refractivity contribution in [2.24, 2.45) is 0 Å². The maximum Gasteiger partial charge on any atom is 0.308 e. The summed E-state index contributed by atoms with van der Waals surface area (Å²) in [5.74, 6) is -0.549. The van der Waals surface area contributed by atoms with Gasteiger partial charge in [0.25, 0.3) is 0 Å². The van der Waals surface area contributed by atoms with Gasteiger partial charge in [0.1, 0.15) is 0 Å². The van der Waals surface area contributed by atoms with Crippen LogP contribution in [0.3, 0.4) is 0 Å². The average Bonchev–Trinajstić information content (AvgIpc) is 2.15. The van der Waals surface area contributed by atoms with Crippen molar-refractivity contribution in [2.75, 3.05) is 13.0 Å². The lowest BCUT2D eigenvalue weighted by molar-refractivity contribution is -0.295. The lowest BCUT2D eigenvalue weighted by Gasteiger charge is -2.39. The first kappa shape index (κ1) is 12.7. The fourth-order valence-corrected chi connectivity index (χ4v) is 1.90. The molecule has 0 bridgehead atoms. The standard InChI is InChI=1S/C10H17ClO4/c1-10(2)14-7(5-9(12)13-3)4-8(6-11)15-10/h7-8H,4-6H2,1-3H3/t7-,8+/m1/s1. The van der Waals surface area contributed by atoms with E-state index in [1.165, 1.54) is 7.11 Å². The maximum absolute atomic E-state index is 11.1. The van der Waals surface area contributed by atoms with E-state index in [9.17, 15) is 4.79 Å². The van der Waals surface area contributed by atoms with E-state index >= 15 is 0 Å². The number of carbonyl (C=O) groups excluding carboxylic acids is 1. The number of ether oxygens (including phenoxy) is 3. The van der Waals surface area contributed by atoms with Crippen molar-refractivity contribution in [1.82, 2.24) is 0 Å². The quantitative estimate of drug-likeness (QED) is 0.553. The van der Waals surface area contributed by atoms with Crippen LogP contribution in [0.1, 0.15) is 26.7 Å². The number of alkyl halides is 1. The van der Waals surface area contributed by atoms with Crippen LogP contribution in [0.25, 0.3) is 0 Å². The van der Waals surface area contributed by atoms with Crippen molar-refractivity contribution in [3.05, 3.63) is 0 Å². The first-order valence-corrected chi connectivity index (χ1v) is 5.48. The Labute approximate surface area is 94.8 Å². The molecule has 1 aliphatic heterocycles. The van der Waals surface area contributed by atoms with Crippen LogP contribution in [0.2, 0.25) is 0 Å². The van der Waals surface area contributed by atoms with E-state index in [1.54, 1.807) is 0 Å². The molecule has 2 atom stereocenters. The van der Waals surface area contributed by atoms with E-state index in [0.29, 0.717) is 12.3 Å². The molecule has 0 aromatic carbocycles. The van der Waals surface area contributed by atoms with E-state index in [-0.39, 0.29) is 24.6 Å². The highest BCUT2D eigenvalue weighted by molar-refractivity contribution is 6.18. The molecule has 1 saturated heterocycles. The molecule has 1 rings (SSSR count). The molecule has 0 aliphatic carbocycles. The summed E-state index contributed by atoms with van der Waals surface area (Å²) in [5, 5.41) is 0. The molecule has 0 aromatic heterocycles.